The molecule has 0 radical (unpaired) electrons. The van der Waals surface area contributed by atoms with Gasteiger partial charge in [0.05, 0.1) is 7.11 Å². The van der Waals surface area contributed by atoms with Crippen LogP contribution in [0.1, 0.15) is 10.4 Å². The minimum absolute atomic E-state index is 0. The highest BCUT2D eigenvalue weighted by molar-refractivity contribution is 5.96. The van der Waals surface area contributed by atoms with E-state index in [1.54, 1.807) is 18.2 Å². The summed E-state index contributed by atoms with van der Waals surface area (Å²) in [4.78, 5) is 22.5. The number of benzene rings is 1. The SMILES string of the molecule is COC(=O)CNC(=O)c1ccc2c(c1)OCO2.Cl. The number of esters is 1. The lowest BCUT2D eigenvalue weighted by Crippen LogP contribution is -2.30. The summed E-state index contributed by atoms with van der Waals surface area (Å²) in [6.45, 7) is -0.00760. The molecule has 0 aliphatic carbocycles. The van der Waals surface area contributed by atoms with Crippen LogP contribution in [0.15, 0.2) is 18.2 Å². The Bertz CT molecular complexity index is 463. The molecule has 18 heavy (non-hydrogen) atoms. The van der Waals surface area contributed by atoms with Crippen LogP contribution in [-0.2, 0) is 9.53 Å². The monoisotopic (exact) mass is 273 g/mol. The highest BCUT2D eigenvalue weighted by Gasteiger charge is 2.16. The second-order valence-corrected chi connectivity index (χ2v) is 3.33. The van der Waals surface area contributed by atoms with E-state index in [4.69, 9.17) is 9.47 Å². The molecule has 0 saturated carbocycles. The summed E-state index contributed by atoms with van der Waals surface area (Å²) >= 11 is 0. The zero-order valence-electron chi connectivity index (χ0n) is 9.60. The largest absolute Gasteiger partial charge is 0.468 e. The summed E-state index contributed by atoms with van der Waals surface area (Å²) in [7, 11) is 1.26. The Morgan fingerprint density at radius 3 is 2.78 bits per heavy atom. The molecule has 1 aromatic rings. The number of carbonyl (C=O) groups excluding carboxylic acids is 2. The molecule has 0 bridgehead atoms. The third-order valence-corrected chi connectivity index (χ3v) is 2.26. The molecule has 1 aromatic carbocycles. The van der Waals surface area contributed by atoms with Crippen molar-refractivity contribution in [2.24, 2.45) is 0 Å². The van der Waals surface area contributed by atoms with Gasteiger partial charge in [-0.2, -0.15) is 0 Å². The summed E-state index contributed by atoms with van der Waals surface area (Å²) in [5.41, 5.74) is 0.401. The lowest BCUT2D eigenvalue weighted by atomic mass is 10.2. The van der Waals surface area contributed by atoms with Gasteiger partial charge in [0.25, 0.3) is 5.91 Å². The van der Waals surface area contributed by atoms with Crippen LogP contribution in [0, 0.1) is 0 Å². The number of methoxy groups -OCH3 is 1. The van der Waals surface area contributed by atoms with Crippen molar-refractivity contribution < 1.29 is 23.8 Å². The molecule has 0 saturated heterocycles. The molecule has 1 amide bonds. The average Bonchev–Trinajstić information content (AvgIpc) is 2.82. The zero-order valence-corrected chi connectivity index (χ0v) is 10.4. The molecular weight excluding hydrogens is 262 g/mol. The molecule has 1 heterocycles. The van der Waals surface area contributed by atoms with Gasteiger partial charge < -0.3 is 19.5 Å². The second-order valence-electron chi connectivity index (χ2n) is 3.33. The van der Waals surface area contributed by atoms with Gasteiger partial charge in [0, 0.05) is 5.56 Å². The van der Waals surface area contributed by atoms with Crippen LogP contribution < -0.4 is 14.8 Å². The van der Waals surface area contributed by atoms with Gasteiger partial charge >= 0.3 is 5.97 Å². The Labute approximate surface area is 110 Å². The van der Waals surface area contributed by atoms with Gasteiger partial charge in [-0.05, 0) is 18.2 Å². The molecule has 2 rings (SSSR count). The van der Waals surface area contributed by atoms with E-state index in [0.29, 0.717) is 17.1 Å². The summed E-state index contributed by atoms with van der Waals surface area (Å²) in [6.07, 6.45) is 0. The quantitative estimate of drug-likeness (QED) is 0.822. The van der Waals surface area contributed by atoms with Gasteiger partial charge in [-0.1, -0.05) is 0 Å². The van der Waals surface area contributed by atoms with Crippen LogP contribution in [0.3, 0.4) is 0 Å². The first kappa shape index (κ1) is 14.1. The van der Waals surface area contributed by atoms with Gasteiger partial charge in [-0.25, -0.2) is 0 Å². The average molecular weight is 274 g/mol. The van der Waals surface area contributed by atoms with Crippen molar-refractivity contribution in [2.75, 3.05) is 20.4 Å². The van der Waals surface area contributed by atoms with Crippen molar-refractivity contribution in [3.8, 4) is 11.5 Å². The number of hydrogen-bond acceptors (Lipinski definition) is 5. The van der Waals surface area contributed by atoms with E-state index in [-0.39, 0.29) is 31.7 Å². The van der Waals surface area contributed by atoms with Crippen LogP contribution in [0.4, 0.5) is 0 Å². The molecule has 6 nitrogen and oxygen atoms in total. The number of halogens is 1. The van der Waals surface area contributed by atoms with Crippen molar-refractivity contribution in [2.45, 2.75) is 0 Å². The van der Waals surface area contributed by atoms with Crippen LogP contribution in [-0.4, -0.2) is 32.3 Å². The van der Waals surface area contributed by atoms with Gasteiger partial charge in [0.15, 0.2) is 11.5 Å². The molecule has 1 aliphatic heterocycles. The fourth-order valence-electron chi connectivity index (χ4n) is 1.36. The summed E-state index contributed by atoms with van der Waals surface area (Å²) in [6, 6.07) is 4.81. The van der Waals surface area contributed by atoms with E-state index in [1.165, 1.54) is 7.11 Å². The first-order valence-electron chi connectivity index (χ1n) is 4.95. The minimum atomic E-state index is -0.501. The number of ether oxygens (including phenoxy) is 3. The molecule has 0 unspecified atom stereocenters. The maximum atomic E-state index is 11.6. The van der Waals surface area contributed by atoms with Crippen LogP contribution >= 0.6 is 12.4 Å². The minimum Gasteiger partial charge on any atom is -0.468 e. The van der Waals surface area contributed by atoms with E-state index in [2.05, 4.69) is 10.1 Å². The Kier molecular flexibility index (Phi) is 4.79. The van der Waals surface area contributed by atoms with Crippen molar-refractivity contribution >= 4 is 24.3 Å². The molecule has 0 spiro atoms. The van der Waals surface area contributed by atoms with E-state index in [0.717, 1.165) is 0 Å². The van der Waals surface area contributed by atoms with Crippen molar-refractivity contribution in [3.63, 3.8) is 0 Å². The normalized spacial score (nSPS) is 11.4. The third kappa shape index (κ3) is 3.04. The molecule has 98 valence electrons. The third-order valence-electron chi connectivity index (χ3n) is 2.26. The standard InChI is InChI=1S/C11H11NO5.ClH/c1-15-10(13)5-12-11(14)7-2-3-8-9(4-7)17-6-16-8;/h2-4H,5-6H2,1H3,(H,12,14);1H. The van der Waals surface area contributed by atoms with Crippen molar-refractivity contribution in [1.82, 2.24) is 5.32 Å². The van der Waals surface area contributed by atoms with Gasteiger partial charge in [-0.15, -0.1) is 12.4 Å². The summed E-state index contributed by atoms with van der Waals surface area (Å²) in [5, 5.41) is 2.43. The topological polar surface area (TPSA) is 73.9 Å². The lowest BCUT2D eigenvalue weighted by molar-refractivity contribution is -0.139. The predicted octanol–water partition coefficient (Wildman–Crippen LogP) is 0.740. The van der Waals surface area contributed by atoms with Gasteiger partial charge in [0.2, 0.25) is 6.79 Å². The highest BCUT2D eigenvalue weighted by atomic mass is 35.5. The molecule has 0 atom stereocenters. The van der Waals surface area contributed by atoms with Crippen LogP contribution in [0.2, 0.25) is 0 Å². The predicted molar refractivity (Wildman–Crippen MR) is 64.2 cm³/mol. The number of fused-ring (bicyclic) bond motifs is 1. The maximum Gasteiger partial charge on any atom is 0.325 e. The zero-order chi connectivity index (χ0) is 12.3. The molecular formula is C11H12ClNO5. The first-order valence-corrected chi connectivity index (χ1v) is 4.95. The molecule has 0 fully saturated rings. The Hall–Kier alpha value is -1.95. The molecule has 1 N–H and O–H groups in total. The Balaban J connectivity index is 0.00000162. The first-order chi connectivity index (χ1) is 8.20. The lowest BCUT2D eigenvalue weighted by Gasteiger charge is -2.04. The maximum absolute atomic E-state index is 11.6. The molecule has 1 aliphatic rings. The smallest absolute Gasteiger partial charge is 0.325 e. The Morgan fingerprint density at radius 1 is 1.33 bits per heavy atom. The highest BCUT2D eigenvalue weighted by Crippen LogP contribution is 2.32. The Morgan fingerprint density at radius 2 is 2.06 bits per heavy atom. The number of carbonyl (C=O) groups is 2. The fourth-order valence-corrected chi connectivity index (χ4v) is 1.36. The van der Waals surface area contributed by atoms with E-state index < -0.39 is 5.97 Å². The number of rotatable bonds is 3. The van der Waals surface area contributed by atoms with E-state index in [1.807, 2.05) is 0 Å². The van der Waals surface area contributed by atoms with E-state index >= 15 is 0 Å². The van der Waals surface area contributed by atoms with Crippen LogP contribution in [0.5, 0.6) is 11.5 Å². The number of hydrogen-bond donors (Lipinski definition) is 1. The van der Waals surface area contributed by atoms with E-state index in [9.17, 15) is 9.59 Å². The molecule has 0 aromatic heterocycles. The van der Waals surface area contributed by atoms with Crippen molar-refractivity contribution in [1.29, 1.82) is 0 Å². The number of nitrogens with one attached hydrogen (secondary N) is 1. The fraction of sp³-hybridized carbons (Fsp3) is 0.273. The summed E-state index contributed by atoms with van der Waals surface area (Å²) in [5.74, 6) is 0.262. The van der Waals surface area contributed by atoms with Crippen LogP contribution in [0.25, 0.3) is 0 Å². The van der Waals surface area contributed by atoms with Gasteiger partial charge in [-0.3, -0.25) is 9.59 Å². The molecule has 7 heteroatoms. The van der Waals surface area contributed by atoms with Gasteiger partial charge in [0.1, 0.15) is 6.54 Å². The second kappa shape index (κ2) is 6.11. The number of amides is 1. The summed E-state index contributed by atoms with van der Waals surface area (Å²) < 4.78 is 14.7. The van der Waals surface area contributed by atoms with Crippen molar-refractivity contribution in [3.05, 3.63) is 23.8 Å².